The summed E-state index contributed by atoms with van der Waals surface area (Å²) in [4.78, 5) is 7.68. The van der Waals surface area contributed by atoms with E-state index in [1.165, 1.54) is 37.4 Å². The van der Waals surface area contributed by atoms with Crippen molar-refractivity contribution in [3.63, 3.8) is 0 Å². The van der Waals surface area contributed by atoms with Crippen LogP contribution in [0.3, 0.4) is 0 Å². The Morgan fingerprint density at radius 3 is 1.96 bits per heavy atom. The van der Waals surface area contributed by atoms with Crippen LogP contribution >= 0.6 is 0 Å². The van der Waals surface area contributed by atoms with Gasteiger partial charge in [-0.2, -0.15) is 0 Å². The second-order valence-corrected chi connectivity index (χ2v) is 8.07. The molecular formula is C20H37N3O. The molecule has 0 radical (unpaired) electrons. The van der Waals surface area contributed by atoms with Crippen molar-refractivity contribution in [2.75, 3.05) is 65.6 Å². The Morgan fingerprint density at radius 2 is 1.46 bits per heavy atom. The molecule has 0 unspecified atom stereocenters. The summed E-state index contributed by atoms with van der Waals surface area (Å²) in [5.41, 5.74) is 3.08. The maximum Gasteiger partial charge on any atom is 0.0594 e. The molecule has 2 aliphatic heterocycles. The van der Waals surface area contributed by atoms with Gasteiger partial charge in [-0.3, -0.25) is 9.80 Å². The molecule has 0 aromatic heterocycles. The van der Waals surface area contributed by atoms with Crippen LogP contribution in [0.15, 0.2) is 23.4 Å². The minimum atomic E-state index is 0.244. The molecule has 2 saturated heterocycles. The minimum Gasteiger partial charge on any atom is -0.379 e. The zero-order valence-corrected chi connectivity index (χ0v) is 16.5. The van der Waals surface area contributed by atoms with E-state index in [-0.39, 0.29) is 5.41 Å². The Labute approximate surface area is 149 Å². The third kappa shape index (κ3) is 5.91. The fourth-order valence-electron chi connectivity index (χ4n) is 3.13. The highest BCUT2D eigenvalue weighted by Gasteiger charge is 2.20. The van der Waals surface area contributed by atoms with Crippen molar-refractivity contribution in [3.8, 4) is 0 Å². The summed E-state index contributed by atoms with van der Waals surface area (Å²) in [7, 11) is 0. The lowest BCUT2D eigenvalue weighted by atomic mass is 9.87. The highest BCUT2D eigenvalue weighted by Crippen LogP contribution is 2.26. The van der Waals surface area contributed by atoms with Gasteiger partial charge >= 0.3 is 0 Å². The summed E-state index contributed by atoms with van der Waals surface area (Å²) in [5.74, 6) is 0. The lowest BCUT2D eigenvalue weighted by Gasteiger charge is -2.38. The van der Waals surface area contributed by atoms with E-state index in [1.807, 2.05) is 0 Å². The molecule has 4 heteroatoms. The van der Waals surface area contributed by atoms with Gasteiger partial charge < -0.3 is 9.64 Å². The summed E-state index contributed by atoms with van der Waals surface area (Å²) in [6, 6.07) is 0. The molecule has 0 aromatic carbocycles. The third-order valence-electron chi connectivity index (χ3n) is 5.42. The Hall–Kier alpha value is -0.840. The predicted octanol–water partition coefficient (Wildman–Crippen LogP) is 2.83. The van der Waals surface area contributed by atoms with Crippen molar-refractivity contribution < 1.29 is 4.74 Å². The van der Waals surface area contributed by atoms with Crippen LogP contribution in [0, 0.1) is 5.41 Å². The van der Waals surface area contributed by atoms with Gasteiger partial charge in [0, 0.05) is 58.1 Å². The molecule has 0 saturated carbocycles. The molecule has 2 rings (SSSR count). The molecule has 24 heavy (non-hydrogen) atoms. The zero-order valence-electron chi connectivity index (χ0n) is 16.5. The average Bonchev–Trinajstić information content (AvgIpc) is 2.58. The first kappa shape index (κ1) is 19.5. The van der Waals surface area contributed by atoms with Crippen LogP contribution in [-0.2, 0) is 4.74 Å². The van der Waals surface area contributed by atoms with E-state index in [0.717, 1.165) is 39.4 Å². The minimum absolute atomic E-state index is 0.244. The van der Waals surface area contributed by atoms with Crippen LogP contribution in [0.1, 0.15) is 34.6 Å². The van der Waals surface area contributed by atoms with Crippen molar-refractivity contribution in [1.29, 1.82) is 0 Å². The first-order valence-electron chi connectivity index (χ1n) is 9.52. The van der Waals surface area contributed by atoms with Crippen molar-refractivity contribution in [2.45, 2.75) is 34.6 Å². The summed E-state index contributed by atoms with van der Waals surface area (Å²) in [6.07, 6.45) is 4.64. The molecule has 138 valence electrons. The number of piperazine rings is 1. The van der Waals surface area contributed by atoms with E-state index in [9.17, 15) is 0 Å². The standard InChI is InChI=1S/C20H37N3O/c1-6-19(17-18(2)20(3,4)5)23-11-9-21(10-12-23)7-8-22-13-15-24-16-14-22/h6,17H,7-16H2,1-5H3/b18-17+,19-6+. The van der Waals surface area contributed by atoms with Crippen LogP contribution in [0.25, 0.3) is 0 Å². The molecule has 0 spiro atoms. The SMILES string of the molecule is C/C=C(\C=C(/C)C(C)(C)C)N1CCN(CCN2CCOCC2)CC1. The number of hydrogen-bond donors (Lipinski definition) is 0. The van der Waals surface area contributed by atoms with Gasteiger partial charge in [-0.25, -0.2) is 0 Å². The summed E-state index contributed by atoms with van der Waals surface area (Å²) in [5, 5.41) is 0. The lowest BCUT2D eigenvalue weighted by Crippen LogP contribution is -2.48. The van der Waals surface area contributed by atoms with Crippen molar-refractivity contribution in [2.24, 2.45) is 5.41 Å². The normalized spacial score (nSPS) is 23.0. The first-order valence-corrected chi connectivity index (χ1v) is 9.52. The molecule has 0 aromatic rings. The maximum absolute atomic E-state index is 5.43. The number of hydrogen-bond acceptors (Lipinski definition) is 4. The van der Waals surface area contributed by atoms with Gasteiger partial charge in [0.05, 0.1) is 13.2 Å². The van der Waals surface area contributed by atoms with E-state index in [2.05, 4.69) is 61.5 Å². The van der Waals surface area contributed by atoms with Crippen LogP contribution in [-0.4, -0.2) is 80.3 Å². The molecule has 4 nitrogen and oxygen atoms in total. The third-order valence-corrected chi connectivity index (χ3v) is 5.42. The molecule has 0 aliphatic carbocycles. The average molecular weight is 336 g/mol. The molecule has 0 atom stereocenters. The second-order valence-electron chi connectivity index (χ2n) is 8.07. The van der Waals surface area contributed by atoms with Gasteiger partial charge in [-0.1, -0.05) is 32.4 Å². The quantitative estimate of drug-likeness (QED) is 0.719. The van der Waals surface area contributed by atoms with Crippen LogP contribution < -0.4 is 0 Å². The van der Waals surface area contributed by atoms with Gasteiger partial charge in [0.25, 0.3) is 0 Å². The number of allylic oxidation sites excluding steroid dienone is 3. The predicted molar refractivity (Wildman–Crippen MR) is 102 cm³/mol. The van der Waals surface area contributed by atoms with Gasteiger partial charge in [0.1, 0.15) is 0 Å². The number of morpholine rings is 1. The lowest BCUT2D eigenvalue weighted by molar-refractivity contribution is 0.0309. The summed E-state index contributed by atoms with van der Waals surface area (Å²) in [6.45, 7) is 22.3. The Bertz CT molecular complexity index is 436. The van der Waals surface area contributed by atoms with Crippen molar-refractivity contribution >= 4 is 0 Å². The molecule has 0 N–H and O–H groups in total. The van der Waals surface area contributed by atoms with E-state index in [0.29, 0.717) is 0 Å². The molecular weight excluding hydrogens is 298 g/mol. The van der Waals surface area contributed by atoms with E-state index < -0.39 is 0 Å². The molecule has 2 heterocycles. The van der Waals surface area contributed by atoms with Crippen LogP contribution in [0.5, 0.6) is 0 Å². The molecule has 2 aliphatic rings. The Morgan fingerprint density at radius 1 is 0.917 bits per heavy atom. The Kier molecular flexibility index (Phi) is 7.33. The fraction of sp³-hybridized carbons (Fsp3) is 0.800. The van der Waals surface area contributed by atoms with Gasteiger partial charge in [0.2, 0.25) is 0 Å². The summed E-state index contributed by atoms with van der Waals surface area (Å²) >= 11 is 0. The first-order chi connectivity index (χ1) is 11.4. The monoisotopic (exact) mass is 335 g/mol. The molecule has 2 fully saturated rings. The van der Waals surface area contributed by atoms with Gasteiger partial charge in [-0.15, -0.1) is 0 Å². The topological polar surface area (TPSA) is 19.0 Å². The maximum atomic E-state index is 5.43. The van der Waals surface area contributed by atoms with E-state index in [1.54, 1.807) is 0 Å². The summed E-state index contributed by atoms with van der Waals surface area (Å²) < 4.78 is 5.43. The van der Waals surface area contributed by atoms with Gasteiger partial charge in [0.15, 0.2) is 0 Å². The second kappa shape index (κ2) is 9.02. The van der Waals surface area contributed by atoms with Crippen LogP contribution in [0.4, 0.5) is 0 Å². The smallest absolute Gasteiger partial charge is 0.0594 e. The van der Waals surface area contributed by atoms with E-state index >= 15 is 0 Å². The van der Waals surface area contributed by atoms with Crippen molar-refractivity contribution in [1.82, 2.24) is 14.7 Å². The van der Waals surface area contributed by atoms with Gasteiger partial charge in [-0.05, 0) is 25.3 Å². The number of rotatable bonds is 5. The fourth-order valence-corrected chi connectivity index (χ4v) is 3.13. The van der Waals surface area contributed by atoms with Crippen LogP contribution in [0.2, 0.25) is 0 Å². The van der Waals surface area contributed by atoms with Crippen molar-refractivity contribution in [3.05, 3.63) is 23.4 Å². The molecule has 0 amide bonds. The molecule has 0 bridgehead atoms. The highest BCUT2D eigenvalue weighted by molar-refractivity contribution is 5.24. The zero-order chi connectivity index (χ0) is 17.6. The number of ether oxygens (including phenoxy) is 1. The number of nitrogens with zero attached hydrogens (tertiary/aromatic N) is 3. The highest BCUT2D eigenvalue weighted by atomic mass is 16.5. The van der Waals surface area contributed by atoms with E-state index in [4.69, 9.17) is 4.74 Å². The largest absolute Gasteiger partial charge is 0.379 e. The Balaban J connectivity index is 1.78.